The number of hydrogen-bond acceptors (Lipinski definition) is 5. The summed E-state index contributed by atoms with van der Waals surface area (Å²) in [5.41, 5.74) is 2.21. The molecule has 0 saturated heterocycles. The van der Waals surface area contributed by atoms with Gasteiger partial charge in [-0.25, -0.2) is 0 Å². The summed E-state index contributed by atoms with van der Waals surface area (Å²) in [7, 11) is 6.58. The van der Waals surface area contributed by atoms with Gasteiger partial charge >= 0.3 is 0 Å². The van der Waals surface area contributed by atoms with E-state index in [2.05, 4.69) is 19.9 Å². The Bertz CT molecular complexity index is 779. The molecule has 4 nitrogen and oxygen atoms in total. The molecule has 0 N–H and O–H groups in total. The van der Waals surface area contributed by atoms with Gasteiger partial charge in [0.1, 0.15) is 23.0 Å². The molecule has 0 unspecified atom stereocenters. The molecule has 0 heterocycles. The molecule has 0 bridgehead atoms. The number of rotatable bonds is 7. The molecule has 2 aromatic carbocycles. The van der Waals surface area contributed by atoms with Crippen molar-refractivity contribution in [3.63, 3.8) is 0 Å². The van der Waals surface area contributed by atoms with Gasteiger partial charge in [0.15, 0.2) is 0 Å². The number of fused-ring (bicyclic) bond motifs is 1. The lowest BCUT2D eigenvalue weighted by Crippen LogP contribution is -2.01. The van der Waals surface area contributed by atoms with Gasteiger partial charge in [0.05, 0.1) is 39.2 Å². The number of ether oxygens (including phenoxy) is 4. The summed E-state index contributed by atoms with van der Waals surface area (Å²) in [5.74, 6) is 2.85. The van der Waals surface area contributed by atoms with Crippen LogP contribution in [0.1, 0.15) is 31.1 Å². The van der Waals surface area contributed by atoms with E-state index in [0.717, 1.165) is 28.5 Å². The van der Waals surface area contributed by atoms with Crippen LogP contribution in [0, 0.1) is 0 Å². The van der Waals surface area contributed by atoms with Gasteiger partial charge in [-0.3, -0.25) is 0 Å². The maximum atomic E-state index is 5.77. The molecule has 0 radical (unpaired) electrons. The third-order valence-corrected chi connectivity index (χ3v) is 4.61. The lowest BCUT2D eigenvalue weighted by molar-refractivity contribution is 0.389. The van der Waals surface area contributed by atoms with Crippen LogP contribution in [-0.2, 0) is 0 Å². The third-order valence-electron chi connectivity index (χ3n) is 4.12. The molecular formula is C20H26O4S. The van der Waals surface area contributed by atoms with E-state index < -0.39 is 0 Å². The summed E-state index contributed by atoms with van der Waals surface area (Å²) < 4.78 is 22.5. The standard InChI is InChI=1S/C20H26O4S/c1-12(2)7-10-17(25)13-11-16(23-5)18-14(21-3)8-9-15(22-4)19(18)20(13)24-6/h7-9,11,17,25H,10H2,1-6H3/t17-/m0/s1. The number of benzene rings is 2. The average Bonchev–Trinajstić information content (AvgIpc) is 2.63. The summed E-state index contributed by atoms with van der Waals surface area (Å²) >= 11 is 4.79. The van der Waals surface area contributed by atoms with Crippen LogP contribution in [0.15, 0.2) is 29.8 Å². The molecule has 0 aliphatic carbocycles. The molecule has 0 fully saturated rings. The van der Waals surface area contributed by atoms with Gasteiger partial charge in [-0.05, 0) is 38.5 Å². The molecule has 0 aromatic heterocycles. The Balaban J connectivity index is 2.82. The number of allylic oxidation sites excluding steroid dienone is 2. The van der Waals surface area contributed by atoms with Gasteiger partial charge in [0, 0.05) is 10.8 Å². The van der Waals surface area contributed by atoms with Crippen molar-refractivity contribution < 1.29 is 18.9 Å². The van der Waals surface area contributed by atoms with Crippen LogP contribution in [0.3, 0.4) is 0 Å². The van der Waals surface area contributed by atoms with Crippen LogP contribution in [-0.4, -0.2) is 28.4 Å². The molecule has 0 aliphatic heterocycles. The summed E-state index contributed by atoms with van der Waals surface area (Å²) in [5, 5.41) is 1.63. The van der Waals surface area contributed by atoms with Crippen molar-refractivity contribution in [2.75, 3.05) is 28.4 Å². The van der Waals surface area contributed by atoms with Crippen molar-refractivity contribution in [2.24, 2.45) is 0 Å². The van der Waals surface area contributed by atoms with Crippen LogP contribution >= 0.6 is 12.6 Å². The lowest BCUT2D eigenvalue weighted by Gasteiger charge is -2.21. The largest absolute Gasteiger partial charge is 0.496 e. The smallest absolute Gasteiger partial charge is 0.135 e. The number of hydrogen-bond donors (Lipinski definition) is 1. The van der Waals surface area contributed by atoms with E-state index in [1.54, 1.807) is 28.4 Å². The van der Waals surface area contributed by atoms with Gasteiger partial charge in [0.25, 0.3) is 0 Å². The number of thiol groups is 1. The van der Waals surface area contributed by atoms with Crippen LogP contribution in [0.4, 0.5) is 0 Å². The van der Waals surface area contributed by atoms with Crippen LogP contribution in [0.2, 0.25) is 0 Å². The van der Waals surface area contributed by atoms with Gasteiger partial charge in [-0.15, -0.1) is 0 Å². The maximum Gasteiger partial charge on any atom is 0.135 e. The zero-order chi connectivity index (χ0) is 18.6. The summed E-state index contributed by atoms with van der Waals surface area (Å²) in [4.78, 5) is 0. The first-order chi connectivity index (χ1) is 12.0. The van der Waals surface area contributed by atoms with Gasteiger partial charge in [-0.2, -0.15) is 12.6 Å². The second-order valence-electron chi connectivity index (χ2n) is 5.95. The molecule has 136 valence electrons. The third kappa shape index (κ3) is 3.82. The first kappa shape index (κ1) is 19.3. The molecule has 0 spiro atoms. The minimum atomic E-state index is -0.0287. The molecule has 2 aromatic rings. The zero-order valence-electron chi connectivity index (χ0n) is 15.7. The van der Waals surface area contributed by atoms with E-state index in [-0.39, 0.29) is 5.25 Å². The van der Waals surface area contributed by atoms with E-state index in [1.165, 1.54) is 5.57 Å². The fourth-order valence-corrected chi connectivity index (χ4v) is 3.20. The van der Waals surface area contributed by atoms with Crippen molar-refractivity contribution in [1.82, 2.24) is 0 Å². The second-order valence-corrected chi connectivity index (χ2v) is 6.58. The Hall–Kier alpha value is -2.01. The summed E-state index contributed by atoms with van der Waals surface area (Å²) in [6.07, 6.45) is 2.96. The van der Waals surface area contributed by atoms with Crippen LogP contribution in [0.5, 0.6) is 23.0 Å². The Morgan fingerprint density at radius 3 is 1.96 bits per heavy atom. The summed E-state index contributed by atoms with van der Waals surface area (Å²) in [6.45, 7) is 4.15. The number of methoxy groups -OCH3 is 4. The highest BCUT2D eigenvalue weighted by Crippen LogP contribution is 2.49. The Labute approximate surface area is 155 Å². The Kier molecular flexibility index (Phi) is 6.48. The maximum absolute atomic E-state index is 5.77. The molecule has 0 saturated carbocycles. The molecule has 1 atom stereocenters. The van der Waals surface area contributed by atoms with E-state index in [1.807, 2.05) is 18.2 Å². The average molecular weight is 362 g/mol. The van der Waals surface area contributed by atoms with Crippen molar-refractivity contribution in [3.05, 3.63) is 35.4 Å². The summed E-state index contributed by atoms with van der Waals surface area (Å²) in [6, 6.07) is 5.71. The highest BCUT2D eigenvalue weighted by Gasteiger charge is 2.23. The first-order valence-corrected chi connectivity index (χ1v) is 8.61. The fourth-order valence-electron chi connectivity index (χ4n) is 2.90. The first-order valence-electron chi connectivity index (χ1n) is 8.09. The van der Waals surface area contributed by atoms with E-state index in [4.69, 9.17) is 31.6 Å². The Morgan fingerprint density at radius 1 is 0.920 bits per heavy atom. The lowest BCUT2D eigenvalue weighted by atomic mass is 9.98. The predicted molar refractivity (Wildman–Crippen MR) is 106 cm³/mol. The van der Waals surface area contributed by atoms with E-state index in [0.29, 0.717) is 17.2 Å². The van der Waals surface area contributed by atoms with E-state index >= 15 is 0 Å². The molecular weight excluding hydrogens is 336 g/mol. The monoisotopic (exact) mass is 362 g/mol. The molecule has 0 aliphatic rings. The van der Waals surface area contributed by atoms with Crippen molar-refractivity contribution in [1.29, 1.82) is 0 Å². The van der Waals surface area contributed by atoms with E-state index in [9.17, 15) is 0 Å². The molecule has 5 heteroatoms. The molecule has 25 heavy (non-hydrogen) atoms. The minimum absolute atomic E-state index is 0.0287. The van der Waals surface area contributed by atoms with Crippen molar-refractivity contribution in [2.45, 2.75) is 25.5 Å². The Morgan fingerprint density at radius 2 is 1.48 bits per heavy atom. The molecule has 0 amide bonds. The SMILES string of the molecule is COc1ccc(OC)c2c(OC)c([C@@H](S)CC=C(C)C)cc(OC)c12. The van der Waals surface area contributed by atoms with Crippen molar-refractivity contribution >= 4 is 23.4 Å². The predicted octanol–water partition coefficient (Wildman–Crippen LogP) is 5.20. The topological polar surface area (TPSA) is 36.9 Å². The highest BCUT2D eigenvalue weighted by atomic mass is 32.1. The highest BCUT2D eigenvalue weighted by molar-refractivity contribution is 7.80. The molecule has 2 rings (SSSR count). The van der Waals surface area contributed by atoms with Gasteiger partial charge < -0.3 is 18.9 Å². The van der Waals surface area contributed by atoms with Crippen LogP contribution < -0.4 is 18.9 Å². The quantitative estimate of drug-likeness (QED) is 0.542. The van der Waals surface area contributed by atoms with Crippen molar-refractivity contribution in [3.8, 4) is 23.0 Å². The second kappa shape index (κ2) is 8.39. The normalized spacial score (nSPS) is 11.8. The zero-order valence-corrected chi connectivity index (χ0v) is 16.6. The minimum Gasteiger partial charge on any atom is -0.496 e. The van der Waals surface area contributed by atoms with Crippen LogP contribution in [0.25, 0.3) is 10.8 Å². The van der Waals surface area contributed by atoms with Gasteiger partial charge in [0.2, 0.25) is 0 Å². The fraction of sp³-hybridized carbons (Fsp3) is 0.400. The van der Waals surface area contributed by atoms with Gasteiger partial charge in [-0.1, -0.05) is 11.6 Å².